The fraction of sp³-hybridized carbons (Fsp3) is 0.222. The van der Waals surface area contributed by atoms with Crippen LogP contribution in [-0.2, 0) is 16.0 Å². The summed E-state index contributed by atoms with van der Waals surface area (Å²) < 4.78 is 0. The topological polar surface area (TPSA) is 98.7 Å². The van der Waals surface area contributed by atoms with Gasteiger partial charge in [0.05, 0.1) is 5.94 Å². The predicted octanol–water partition coefficient (Wildman–Crippen LogP) is 1.00. The van der Waals surface area contributed by atoms with Crippen LogP contribution in [-0.4, -0.2) is 34.9 Å². The molecule has 0 aliphatic heterocycles. The fourth-order valence-corrected chi connectivity index (χ4v) is 2.30. The smallest absolute Gasteiger partial charge is 0.426 e. The van der Waals surface area contributed by atoms with Crippen molar-refractivity contribution in [2.45, 2.75) is 19.3 Å². The molecule has 7 heteroatoms. The second-order valence-electron chi connectivity index (χ2n) is 5.80. The normalized spacial score (nSPS) is 12.8. The minimum atomic E-state index is -1.73. The Hall–Kier alpha value is -2.64. The third-order valence-electron chi connectivity index (χ3n) is 3.81. The zero-order chi connectivity index (χ0) is 18.2. The van der Waals surface area contributed by atoms with Crippen molar-refractivity contribution in [2.75, 3.05) is 5.32 Å². The minimum absolute atomic E-state index is 0.247. The lowest BCUT2D eigenvalue weighted by atomic mass is 9.75. The van der Waals surface area contributed by atoms with Crippen LogP contribution in [0.1, 0.15) is 12.5 Å². The van der Waals surface area contributed by atoms with Crippen LogP contribution in [0, 0.1) is 5.92 Å². The molecule has 4 N–H and O–H groups in total. The van der Waals surface area contributed by atoms with Crippen molar-refractivity contribution in [3.8, 4) is 0 Å². The van der Waals surface area contributed by atoms with E-state index in [2.05, 4.69) is 10.6 Å². The molecule has 2 aromatic rings. The van der Waals surface area contributed by atoms with E-state index in [1.165, 1.54) is 6.92 Å². The van der Waals surface area contributed by atoms with Crippen LogP contribution >= 0.6 is 0 Å². The van der Waals surface area contributed by atoms with Crippen molar-refractivity contribution >= 4 is 24.6 Å². The van der Waals surface area contributed by atoms with Crippen LogP contribution in [0.4, 0.5) is 5.69 Å². The largest absolute Gasteiger partial charge is 0.475 e. The van der Waals surface area contributed by atoms with Crippen LogP contribution in [0.3, 0.4) is 0 Å². The first kappa shape index (κ1) is 18.7. The molecule has 25 heavy (non-hydrogen) atoms. The van der Waals surface area contributed by atoms with Crippen LogP contribution in [0.2, 0.25) is 0 Å². The van der Waals surface area contributed by atoms with E-state index in [0.29, 0.717) is 5.69 Å². The van der Waals surface area contributed by atoms with Crippen LogP contribution in [0.5, 0.6) is 0 Å². The molecule has 0 saturated carbocycles. The number of carbonyl (C=O) groups excluding carboxylic acids is 2. The average molecular weight is 340 g/mol. The summed E-state index contributed by atoms with van der Waals surface area (Å²) in [5.74, 6) is -2.91. The fourth-order valence-electron chi connectivity index (χ4n) is 2.30. The number of benzene rings is 2. The van der Waals surface area contributed by atoms with Crippen molar-refractivity contribution in [3.63, 3.8) is 0 Å². The Morgan fingerprint density at radius 2 is 1.52 bits per heavy atom. The molecule has 2 amide bonds. The molecule has 2 rings (SSSR count). The third-order valence-corrected chi connectivity index (χ3v) is 3.81. The molecule has 0 spiro atoms. The van der Waals surface area contributed by atoms with E-state index in [9.17, 15) is 19.6 Å². The first-order valence-corrected chi connectivity index (χ1v) is 8.03. The number of nitrogens with one attached hydrogen (secondary N) is 2. The highest BCUT2D eigenvalue weighted by molar-refractivity contribution is 6.43. The summed E-state index contributed by atoms with van der Waals surface area (Å²) in [6.07, 6.45) is 0.247. The van der Waals surface area contributed by atoms with E-state index in [1.807, 2.05) is 36.4 Å². The zero-order valence-electron chi connectivity index (χ0n) is 13.9. The van der Waals surface area contributed by atoms with Crippen LogP contribution in [0.25, 0.3) is 0 Å². The van der Waals surface area contributed by atoms with Crippen molar-refractivity contribution in [3.05, 3.63) is 66.2 Å². The van der Waals surface area contributed by atoms with Gasteiger partial charge in [-0.05, 0) is 31.0 Å². The third kappa shape index (κ3) is 5.74. The van der Waals surface area contributed by atoms with Crippen molar-refractivity contribution in [1.29, 1.82) is 0 Å². The molecule has 0 aromatic heterocycles. The summed E-state index contributed by atoms with van der Waals surface area (Å²) in [7, 11) is -1.73. The number of rotatable bonds is 7. The maximum atomic E-state index is 12.3. The molecule has 0 bridgehead atoms. The van der Waals surface area contributed by atoms with Gasteiger partial charge in [0.2, 0.25) is 11.8 Å². The Morgan fingerprint density at radius 3 is 2.08 bits per heavy atom. The number of amides is 2. The summed E-state index contributed by atoms with van der Waals surface area (Å²) in [4.78, 5) is 24.5. The molecule has 0 radical (unpaired) electrons. The van der Waals surface area contributed by atoms with Gasteiger partial charge in [0, 0.05) is 5.69 Å². The van der Waals surface area contributed by atoms with Crippen molar-refractivity contribution in [2.24, 2.45) is 5.92 Å². The Kier molecular flexibility index (Phi) is 6.74. The number of hydrogen-bond acceptors (Lipinski definition) is 4. The average Bonchev–Trinajstić information content (AvgIpc) is 2.62. The van der Waals surface area contributed by atoms with Gasteiger partial charge in [-0.3, -0.25) is 9.59 Å². The van der Waals surface area contributed by atoms with Crippen molar-refractivity contribution < 1.29 is 19.6 Å². The standard InChI is InChI=1S/C18H21BN2O4/c1-13(17(22)20-15-10-6-3-7-11-15)18(23)21-16(19(24)25)12-14-8-4-2-5-9-14/h2-11,13,16,24-25H,12H2,1H3,(H,20,22)(H,21,23)/t13?,16-/m0/s1. The summed E-state index contributed by atoms with van der Waals surface area (Å²) in [5, 5.41) is 24.2. The maximum Gasteiger partial charge on any atom is 0.475 e. The predicted molar refractivity (Wildman–Crippen MR) is 96.5 cm³/mol. The first-order valence-electron chi connectivity index (χ1n) is 8.03. The zero-order valence-corrected chi connectivity index (χ0v) is 13.9. The van der Waals surface area contributed by atoms with Gasteiger partial charge in [0.15, 0.2) is 0 Å². The van der Waals surface area contributed by atoms with E-state index < -0.39 is 30.8 Å². The summed E-state index contributed by atoms with van der Waals surface area (Å²) in [6.45, 7) is 1.47. The number of para-hydroxylation sites is 1. The Balaban J connectivity index is 1.96. The molecule has 130 valence electrons. The molecule has 2 aromatic carbocycles. The summed E-state index contributed by atoms with van der Waals surface area (Å²) in [6, 6.07) is 18.0. The van der Waals surface area contributed by atoms with E-state index in [1.54, 1.807) is 24.3 Å². The summed E-state index contributed by atoms with van der Waals surface area (Å²) >= 11 is 0. The second-order valence-corrected chi connectivity index (χ2v) is 5.80. The van der Waals surface area contributed by atoms with Gasteiger partial charge < -0.3 is 20.7 Å². The van der Waals surface area contributed by atoms with Gasteiger partial charge in [-0.1, -0.05) is 48.5 Å². The monoisotopic (exact) mass is 340 g/mol. The molecule has 0 aliphatic carbocycles. The molecule has 2 atom stereocenters. The molecule has 0 saturated heterocycles. The molecule has 6 nitrogen and oxygen atoms in total. The highest BCUT2D eigenvalue weighted by atomic mass is 16.4. The lowest BCUT2D eigenvalue weighted by Crippen LogP contribution is -2.50. The Bertz CT molecular complexity index is 695. The quantitative estimate of drug-likeness (QED) is 0.446. The highest BCUT2D eigenvalue weighted by Crippen LogP contribution is 2.09. The van der Waals surface area contributed by atoms with Gasteiger partial charge in [0.1, 0.15) is 5.92 Å². The molecule has 1 unspecified atom stereocenters. The van der Waals surface area contributed by atoms with Gasteiger partial charge in [-0.15, -0.1) is 0 Å². The van der Waals surface area contributed by atoms with Crippen molar-refractivity contribution in [1.82, 2.24) is 5.32 Å². The molecular weight excluding hydrogens is 319 g/mol. The molecule has 0 heterocycles. The van der Waals surface area contributed by atoms with Gasteiger partial charge in [0.25, 0.3) is 0 Å². The Labute approximate surface area is 147 Å². The lowest BCUT2D eigenvalue weighted by Gasteiger charge is -2.20. The Morgan fingerprint density at radius 1 is 0.960 bits per heavy atom. The van der Waals surface area contributed by atoms with Gasteiger partial charge in [-0.2, -0.15) is 0 Å². The number of carbonyl (C=O) groups is 2. The van der Waals surface area contributed by atoms with Gasteiger partial charge >= 0.3 is 7.12 Å². The lowest BCUT2D eigenvalue weighted by molar-refractivity contribution is -0.132. The minimum Gasteiger partial charge on any atom is -0.426 e. The van der Waals surface area contributed by atoms with E-state index in [0.717, 1.165) is 5.56 Å². The number of hydrogen-bond donors (Lipinski definition) is 4. The first-order chi connectivity index (χ1) is 12.0. The SMILES string of the molecule is CC(C(=O)Nc1ccccc1)C(=O)N[C@@H](Cc1ccccc1)B(O)O. The van der Waals surface area contributed by atoms with E-state index >= 15 is 0 Å². The molecule has 0 aliphatic rings. The second kappa shape index (κ2) is 9.01. The van der Waals surface area contributed by atoms with Crippen LogP contribution in [0.15, 0.2) is 60.7 Å². The molecular formula is C18H21BN2O4. The van der Waals surface area contributed by atoms with E-state index in [4.69, 9.17) is 0 Å². The summed E-state index contributed by atoms with van der Waals surface area (Å²) in [5.41, 5.74) is 1.44. The molecule has 0 fully saturated rings. The van der Waals surface area contributed by atoms with Crippen LogP contribution < -0.4 is 10.6 Å². The number of anilines is 1. The highest BCUT2D eigenvalue weighted by Gasteiger charge is 2.29. The van der Waals surface area contributed by atoms with Gasteiger partial charge in [-0.25, -0.2) is 0 Å². The van der Waals surface area contributed by atoms with E-state index in [-0.39, 0.29) is 6.42 Å². The maximum absolute atomic E-state index is 12.3.